The summed E-state index contributed by atoms with van der Waals surface area (Å²) in [5, 5.41) is 27.0. The number of carbonyl (C=O) groups is 1. The van der Waals surface area contributed by atoms with Crippen LogP contribution in [-0.2, 0) is 22.6 Å². The number of aromatic amines is 1. The molecule has 1 fully saturated rings. The lowest BCUT2D eigenvalue weighted by atomic mass is 9.92. The number of fused-ring (bicyclic) bond motifs is 1. The van der Waals surface area contributed by atoms with Crippen molar-refractivity contribution in [2.75, 3.05) is 13.2 Å². The topological polar surface area (TPSA) is 97.8 Å². The van der Waals surface area contributed by atoms with Crippen LogP contribution in [0.2, 0.25) is 5.02 Å². The highest BCUT2D eigenvalue weighted by Crippen LogP contribution is 2.31. The summed E-state index contributed by atoms with van der Waals surface area (Å²) in [6.07, 6.45) is 5.11. The van der Waals surface area contributed by atoms with Crippen LogP contribution in [0.25, 0.3) is 23.1 Å². The van der Waals surface area contributed by atoms with E-state index in [1.165, 1.54) is 0 Å². The van der Waals surface area contributed by atoms with Crippen molar-refractivity contribution < 1.29 is 19.8 Å². The van der Waals surface area contributed by atoms with Gasteiger partial charge in [0.15, 0.2) is 0 Å². The van der Waals surface area contributed by atoms with E-state index in [1.54, 1.807) is 12.0 Å². The second kappa shape index (κ2) is 12.8. The maximum Gasteiger partial charge on any atom is 0.240 e. The van der Waals surface area contributed by atoms with Gasteiger partial charge in [0.1, 0.15) is 12.1 Å². The minimum Gasteiger partial charge on any atom is -0.396 e. The SMILES string of the molecule is C[C@H](O)[C@@H]1ON(Cc2cccc(C=Cc3ccc(Cl)cc3)c2)[C@H](C(=O)NCCc2c[nH]c3ccccc23)[C@@H]1CO. The van der Waals surface area contributed by atoms with Gasteiger partial charge in [0.25, 0.3) is 0 Å². The van der Waals surface area contributed by atoms with Crippen molar-refractivity contribution in [2.45, 2.75) is 38.1 Å². The number of hydrogen-bond donors (Lipinski definition) is 4. The average Bonchev–Trinajstić information content (AvgIpc) is 3.54. The molecule has 4 N–H and O–H groups in total. The summed E-state index contributed by atoms with van der Waals surface area (Å²) in [6, 6.07) is 22.9. The van der Waals surface area contributed by atoms with Gasteiger partial charge in [0, 0.05) is 34.6 Å². The van der Waals surface area contributed by atoms with Crippen LogP contribution in [0.4, 0.5) is 0 Å². The van der Waals surface area contributed by atoms with Crippen molar-refractivity contribution in [3.63, 3.8) is 0 Å². The zero-order chi connectivity index (χ0) is 28.1. The van der Waals surface area contributed by atoms with Crippen LogP contribution >= 0.6 is 11.6 Å². The molecule has 0 aliphatic carbocycles. The van der Waals surface area contributed by atoms with Crippen molar-refractivity contribution >= 4 is 40.6 Å². The van der Waals surface area contributed by atoms with E-state index < -0.39 is 24.2 Å². The molecule has 1 aliphatic heterocycles. The number of halogens is 1. The maximum absolute atomic E-state index is 13.5. The minimum atomic E-state index is -0.850. The molecule has 1 aliphatic rings. The fourth-order valence-corrected chi connectivity index (χ4v) is 5.43. The van der Waals surface area contributed by atoms with E-state index in [-0.39, 0.29) is 12.5 Å². The zero-order valence-corrected chi connectivity index (χ0v) is 23.1. The van der Waals surface area contributed by atoms with Crippen LogP contribution in [0, 0.1) is 5.92 Å². The van der Waals surface area contributed by atoms with Crippen LogP contribution in [0.5, 0.6) is 0 Å². The highest BCUT2D eigenvalue weighted by atomic mass is 35.5. The van der Waals surface area contributed by atoms with Gasteiger partial charge in [-0.15, -0.1) is 0 Å². The lowest BCUT2D eigenvalue weighted by Gasteiger charge is -2.24. The Balaban J connectivity index is 1.28. The molecular formula is C32H34ClN3O4. The number of benzene rings is 3. The molecule has 0 saturated carbocycles. The summed E-state index contributed by atoms with van der Waals surface area (Å²) in [5.74, 6) is -0.804. The van der Waals surface area contributed by atoms with Crippen molar-refractivity contribution in [3.05, 3.63) is 106 Å². The van der Waals surface area contributed by atoms with Crippen molar-refractivity contribution in [3.8, 4) is 0 Å². The number of hydroxylamine groups is 2. The van der Waals surface area contributed by atoms with Gasteiger partial charge >= 0.3 is 0 Å². The van der Waals surface area contributed by atoms with E-state index in [1.807, 2.05) is 85.1 Å². The normalized spacial score (nSPS) is 20.4. The molecule has 1 amide bonds. The monoisotopic (exact) mass is 559 g/mol. The third-order valence-corrected chi connectivity index (χ3v) is 7.60. The highest BCUT2D eigenvalue weighted by molar-refractivity contribution is 6.30. The number of nitrogens with zero attached hydrogens (tertiary/aromatic N) is 1. The van der Waals surface area contributed by atoms with Gasteiger partial charge < -0.3 is 20.5 Å². The Bertz CT molecular complexity index is 1470. The van der Waals surface area contributed by atoms with E-state index >= 15 is 0 Å². The van der Waals surface area contributed by atoms with Gasteiger partial charge in [-0.3, -0.25) is 9.63 Å². The summed E-state index contributed by atoms with van der Waals surface area (Å²) in [4.78, 5) is 22.8. The predicted octanol–water partition coefficient (Wildman–Crippen LogP) is 4.82. The molecule has 0 bridgehead atoms. The number of aliphatic hydroxyl groups excluding tert-OH is 2. The summed E-state index contributed by atoms with van der Waals surface area (Å²) >= 11 is 5.99. The first-order chi connectivity index (χ1) is 19.4. The molecule has 4 aromatic rings. The van der Waals surface area contributed by atoms with Crippen LogP contribution in [0.15, 0.2) is 79.0 Å². The average molecular weight is 560 g/mol. The van der Waals surface area contributed by atoms with E-state index in [2.05, 4.69) is 16.4 Å². The molecule has 5 rings (SSSR count). The van der Waals surface area contributed by atoms with E-state index in [0.29, 0.717) is 24.5 Å². The molecule has 8 heteroatoms. The first kappa shape index (κ1) is 28.1. The molecule has 2 heterocycles. The number of H-pyrrole nitrogens is 1. The van der Waals surface area contributed by atoms with Gasteiger partial charge in [-0.2, -0.15) is 5.06 Å². The van der Waals surface area contributed by atoms with Crippen LogP contribution < -0.4 is 5.32 Å². The molecule has 208 valence electrons. The third-order valence-electron chi connectivity index (χ3n) is 7.35. The number of amides is 1. The van der Waals surface area contributed by atoms with Crippen molar-refractivity contribution in [1.29, 1.82) is 0 Å². The van der Waals surface area contributed by atoms with Gasteiger partial charge in [-0.1, -0.05) is 78.4 Å². The van der Waals surface area contributed by atoms with E-state index in [0.717, 1.165) is 33.2 Å². The second-order valence-corrected chi connectivity index (χ2v) is 10.6. The Morgan fingerprint density at radius 3 is 2.65 bits per heavy atom. The Morgan fingerprint density at radius 2 is 1.88 bits per heavy atom. The number of hydrogen-bond acceptors (Lipinski definition) is 5. The zero-order valence-electron chi connectivity index (χ0n) is 22.3. The summed E-state index contributed by atoms with van der Waals surface area (Å²) in [7, 11) is 0. The first-order valence-electron chi connectivity index (χ1n) is 13.5. The quantitative estimate of drug-likeness (QED) is 0.209. The number of nitrogens with one attached hydrogen (secondary N) is 2. The Kier molecular flexibility index (Phi) is 8.99. The Hall–Kier alpha value is -3.46. The standard InChI is InChI=1S/C32H34ClN3O4/c1-21(38)31-28(20-37)30(32(39)34-16-15-25-18-35-29-8-3-2-7-27(25)29)36(40-31)19-24-6-4-5-23(17-24)10-9-22-11-13-26(33)14-12-22/h2-14,17-18,21,28,30-31,35,37-38H,15-16,19-20H2,1H3,(H,34,39)/t21-,28-,30-,31-/m0/s1. The summed E-state index contributed by atoms with van der Waals surface area (Å²) in [5.41, 5.74) is 5.16. The van der Waals surface area contributed by atoms with Crippen LogP contribution in [0.3, 0.4) is 0 Å². The molecule has 4 atom stereocenters. The van der Waals surface area contributed by atoms with Gasteiger partial charge in [-0.25, -0.2) is 0 Å². The molecule has 1 aromatic heterocycles. The Labute approximate surface area is 239 Å². The molecule has 0 spiro atoms. The van der Waals surface area contributed by atoms with Gasteiger partial charge in [-0.05, 0) is 53.8 Å². The third kappa shape index (κ3) is 6.46. The van der Waals surface area contributed by atoms with Gasteiger partial charge in [0.2, 0.25) is 5.91 Å². The lowest BCUT2D eigenvalue weighted by molar-refractivity contribution is -0.192. The first-order valence-corrected chi connectivity index (χ1v) is 13.9. The second-order valence-electron chi connectivity index (χ2n) is 10.2. The lowest BCUT2D eigenvalue weighted by Crippen LogP contribution is -2.48. The molecule has 40 heavy (non-hydrogen) atoms. The summed E-state index contributed by atoms with van der Waals surface area (Å²) < 4.78 is 0. The van der Waals surface area contributed by atoms with E-state index in [9.17, 15) is 15.0 Å². The molecular weight excluding hydrogens is 526 g/mol. The molecule has 1 saturated heterocycles. The largest absolute Gasteiger partial charge is 0.396 e. The predicted molar refractivity (Wildman–Crippen MR) is 158 cm³/mol. The van der Waals surface area contributed by atoms with E-state index in [4.69, 9.17) is 16.4 Å². The number of para-hydroxylation sites is 1. The Morgan fingerprint density at radius 1 is 1.10 bits per heavy atom. The number of rotatable bonds is 10. The number of aromatic nitrogens is 1. The fourth-order valence-electron chi connectivity index (χ4n) is 5.31. The maximum atomic E-state index is 13.5. The van der Waals surface area contributed by atoms with Crippen LogP contribution in [-0.4, -0.2) is 57.6 Å². The minimum absolute atomic E-state index is 0.235. The molecule has 7 nitrogen and oxygen atoms in total. The summed E-state index contributed by atoms with van der Waals surface area (Å²) in [6.45, 7) is 2.10. The van der Waals surface area contributed by atoms with Crippen molar-refractivity contribution in [2.24, 2.45) is 5.92 Å². The van der Waals surface area contributed by atoms with Crippen LogP contribution in [0.1, 0.15) is 29.2 Å². The molecule has 3 aromatic carbocycles. The number of carbonyl (C=O) groups excluding carboxylic acids is 1. The fraction of sp³-hybridized carbons (Fsp3) is 0.281. The van der Waals surface area contributed by atoms with Crippen molar-refractivity contribution in [1.82, 2.24) is 15.4 Å². The van der Waals surface area contributed by atoms with Gasteiger partial charge in [0.05, 0.1) is 19.3 Å². The number of aliphatic hydroxyl groups is 2. The highest BCUT2D eigenvalue weighted by Gasteiger charge is 2.48. The smallest absolute Gasteiger partial charge is 0.240 e. The molecule has 0 unspecified atom stereocenters. The molecule has 0 radical (unpaired) electrons.